The van der Waals surface area contributed by atoms with Crippen molar-refractivity contribution in [2.45, 2.75) is 45.6 Å². The van der Waals surface area contributed by atoms with E-state index in [1.54, 1.807) is 62.4 Å². The van der Waals surface area contributed by atoms with Gasteiger partial charge in [0.05, 0.1) is 0 Å². The number of nitrogens with one attached hydrogen (secondary N) is 3. The Kier molecular flexibility index (Phi) is 10.7. The molecule has 0 aliphatic carbocycles. The molecular weight excluding hydrogens is 523 g/mol. The molecule has 10 heteroatoms. The summed E-state index contributed by atoms with van der Waals surface area (Å²) in [7, 11) is 0. The van der Waals surface area contributed by atoms with Crippen LogP contribution in [0.2, 0.25) is 0 Å². The third kappa shape index (κ3) is 9.44. The number of hydrogen-bond donors (Lipinski definition) is 3. The fraction of sp³-hybridized carbons (Fsp3) is 0.300. The fourth-order valence-electron chi connectivity index (χ4n) is 4.04. The van der Waals surface area contributed by atoms with E-state index in [2.05, 4.69) is 10.6 Å². The van der Waals surface area contributed by atoms with Crippen LogP contribution in [0.25, 0.3) is 11.1 Å². The highest BCUT2D eigenvalue weighted by molar-refractivity contribution is 6.03. The summed E-state index contributed by atoms with van der Waals surface area (Å²) in [5.74, 6) is -1.57. The summed E-state index contributed by atoms with van der Waals surface area (Å²) in [5.41, 5.74) is 2.99. The van der Waals surface area contributed by atoms with E-state index in [9.17, 15) is 27.6 Å². The molecule has 0 spiro atoms. The highest BCUT2D eigenvalue weighted by Crippen LogP contribution is 2.27. The number of benzene rings is 3. The van der Waals surface area contributed by atoms with Crippen molar-refractivity contribution in [3.8, 4) is 11.1 Å². The van der Waals surface area contributed by atoms with E-state index in [0.29, 0.717) is 16.7 Å². The molecule has 212 valence electrons. The van der Waals surface area contributed by atoms with Crippen LogP contribution in [0.3, 0.4) is 0 Å². The Balaban J connectivity index is 1.75. The Hall–Kier alpha value is -4.34. The molecule has 0 radical (unpaired) electrons. The van der Waals surface area contributed by atoms with Crippen molar-refractivity contribution in [1.29, 1.82) is 0 Å². The Labute approximate surface area is 231 Å². The molecule has 3 aromatic rings. The van der Waals surface area contributed by atoms with Crippen molar-refractivity contribution in [3.05, 3.63) is 95.6 Å². The zero-order chi connectivity index (χ0) is 29.1. The van der Waals surface area contributed by atoms with Crippen LogP contribution in [0, 0.1) is 5.92 Å². The maximum Gasteiger partial charge on any atom is 0.407 e. The summed E-state index contributed by atoms with van der Waals surface area (Å²) in [6.45, 7) is 2.36. The summed E-state index contributed by atoms with van der Waals surface area (Å²) < 4.78 is 43.2. The lowest BCUT2D eigenvalue weighted by molar-refractivity contribution is -0.139. The SMILES string of the molecule is CC(C)C[C@H](NC(=O)c1ccccc1-c1ccccc1CNC(=O)OCc1ccccc1)C(=O)NCC(F)(F)F. The molecule has 3 aromatic carbocycles. The lowest BCUT2D eigenvalue weighted by atomic mass is 9.94. The van der Waals surface area contributed by atoms with Gasteiger partial charge in [0, 0.05) is 12.1 Å². The average molecular weight is 556 g/mol. The molecule has 1 atom stereocenters. The van der Waals surface area contributed by atoms with Gasteiger partial charge in [-0.2, -0.15) is 13.2 Å². The fourth-order valence-corrected chi connectivity index (χ4v) is 4.04. The quantitative estimate of drug-likeness (QED) is 0.287. The predicted octanol–water partition coefficient (Wildman–Crippen LogP) is 5.60. The van der Waals surface area contributed by atoms with Crippen LogP contribution in [0.1, 0.15) is 41.8 Å². The number of rotatable bonds is 11. The standard InChI is InChI=1S/C30H32F3N3O4/c1-20(2)16-26(28(38)35-19-30(31,32)33)36-27(37)25-15-9-8-14-24(25)23-13-7-6-12-22(23)17-34-29(39)40-18-21-10-4-3-5-11-21/h3-15,20,26H,16-19H2,1-2H3,(H,34,39)(H,35,38)(H,36,37)/t26-/m0/s1. The van der Waals surface area contributed by atoms with Crippen molar-refractivity contribution in [1.82, 2.24) is 16.0 Å². The molecule has 0 unspecified atom stereocenters. The maximum atomic E-state index is 13.3. The Morgan fingerprint density at radius 2 is 1.45 bits per heavy atom. The van der Waals surface area contributed by atoms with E-state index < -0.39 is 36.7 Å². The van der Waals surface area contributed by atoms with E-state index in [1.807, 2.05) is 35.6 Å². The van der Waals surface area contributed by atoms with Crippen LogP contribution in [-0.4, -0.2) is 36.7 Å². The number of amides is 3. The average Bonchev–Trinajstić information content (AvgIpc) is 2.93. The van der Waals surface area contributed by atoms with Crippen LogP contribution < -0.4 is 16.0 Å². The molecule has 7 nitrogen and oxygen atoms in total. The van der Waals surface area contributed by atoms with Crippen LogP contribution in [-0.2, 0) is 22.7 Å². The van der Waals surface area contributed by atoms with Crippen molar-refractivity contribution in [3.63, 3.8) is 0 Å². The number of carbonyl (C=O) groups is 3. The first-order valence-electron chi connectivity index (χ1n) is 12.8. The number of alkyl halides is 3. The first-order chi connectivity index (χ1) is 19.0. The summed E-state index contributed by atoms with van der Waals surface area (Å²) in [5, 5.41) is 7.18. The van der Waals surface area contributed by atoms with Gasteiger partial charge < -0.3 is 20.7 Å². The monoisotopic (exact) mass is 555 g/mol. The molecule has 0 saturated heterocycles. The van der Waals surface area contributed by atoms with Gasteiger partial charge in [-0.3, -0.25) is 9.59 Å². The van der Waals surface area contributed by atoms with Gasteiger partial charge in [-0.25, -0.2) is 4.79 Å². The summed E-state index contributed by atoms with van der Waals surface area (Å²) >= 11 is 0. The normalized spacial score (nSPS) is 11.9. The van der Waals surface area contributed by atoms with E-state index >= 15 is 0 Å². The van der Waals surface area contributed by atoms with Gasteiger partial charge >= 0.3 is 12.3 Å². The zero-order valence-corrected chi connectivity index (χ0v) is 22.3. The maximum absolute atomic E-state index is 13.3. The molecule has 0 aromatic heterocycles. The highest BCUT2D eigenvalue weighted by Gasteiger charge is 2.31. The van der Waals surface area contributed by atoms with E-state index in [-0.39, 0.29) is 31.1 Å². The molecule has 40 heavy (non-hydrogen) atoms. The largest absolute Gasteiger partial charge is 0.445 e. The minimum Gasteiger partial charge on any atom is -0.445 e. The molecule has 3 rings (SSSR count). The van der Waals surface area contributed by atoms with Crippen molar-refractivity contribution in [2.24, 2.45) is 5.92 Å². The Bertz CT molecular complexity index is 1300. The minimum absolute atomic E-state index is 0.0642. The first-order valence-corrected chi connectivity index (χ1v) is 12.8. The summed E-state index contributed by atoms with van der Waals surface area (Å²) in [6.07, 6.45) is -5.02. The van der Waals surface area contributed by atoms with Crippen LogP contribution in [0.4, 0.5) is 18.0 Å². The lowest BCUT2D eigenvalue weighted by Gasteiger charge is -2.22. The number of halogens is 3. The second kappa shape index (κ2) is 14.2. The van der Waals surface area contributed by atoms with Gasteiger partial charge in [0.15, 0.2) is 0 Å². The molecule has 0 saturated carbocycles. The van der Waals surface area contributed by atoms with E-state index in [4.69, 9.17) is 4.74 Å². The summed E-state index contributed by atoms with van der Waals surface area (Å²) in [6, 6.07) is 22.0. The third-order valence-corrected chi connectivity index (χ3v) is 5.91. The van der Waals surface area contributed by atoms with Crippen molar-refractivity contribution >= 4 is 17.9 Å². The van der Waals surface area contributed by atoms with E-state index in [0.717, 1.165) is 5.56 Å². The third-order valence-electron chi connectivity index (χ3n) is 5.91. The minimum atomic E-state index is -4.57. The molecule has 3 amide bonds. The number of ether oxygens (including phenoxy) is 1. The summed E-state index contributed by atoms with van der Waals surface area (Å²) in [4.78, 5) is 38.1. The first kappa shape index (κ1) is 30.2. The van der Waals surface area contributed by atoms with Crippen molar-refractivity contribution in [2.75, 3.05) is 6.54 Å². The smallest absolute Gasteiger partial charge is 0.407 e. The van der Waals surface area contributed by atoms with Crippen LogP contribution >= 0.6 is 0 Å². The molecular formula is C30H32F3N3O4. The van der Waals surface area contributed by atoms with E-state index in [1.165, 1.54) is 0 Å². The zero-order valence-electron chi connectivity index (χ0n) is 22.3. The topological polar surface area (TPSA) is 96.5 Å². The highest BCUT2D eigenvalue weighted by atomic mass is 19.4. The van der Waals surface area contributed by atoms with Gasteiger partial charge in [-0.1, -0.05) is 86.6 Å². The predicted molar refractivity (Wildman–Crippen MR) is 145 cm³/mol. The molecule has 0 bridgehead atoms. The van der Waals surface area contributed by atoms with Crippen molar-refractivity contribution < 1.29 is 32.3 Å². The molecule has 3 N–H and O–H groups in total. The number of carbonyl (C=O) groups excluding carboxylic acids is 3. The molecule has 0 aliphatic rings. The van der Waals surface area contributed by atoms with Gasteiger partial charge in [0.25, 0.3) is 5.91 Å². The Morgan fingerprint density at radius 3 is 2.12 bits per heavy atom. The van der Waals surface area contributed by atoms with Crippen LogP contribution in [0.5, 0.6) is 0 Å². The van der Waals surface area contributed by atoms with Crippen LogP contribution in [0.15, 0.2) is 78.9 Å². The second-order valence-electron chi connectivity index (χ2n) is 9.61. The molecule has 0 aliphatic heterocycles. The van der Waals surface area contributed by atoms with Gasteiger partial charge in [-0.05, 0) is 40.7 Å². The van der Waals surface area contributed by atoms with Gasteiger partial charge in [0.2, 0.25) is 5.91 Å². The van der Waals surface area contributed by atoms with Gasteiger partial charge in [-0.15, -0.1) is 0 Å². The second-order valence-corrected chi connectivity index (χ2v) is 9.61. The molecule has 0 heterocycles. The lowest BCUT2D eigenvalue weighted by Crippen LogP contribution is -2.49. The Morgan fingerprint density at radius 1 is 0.825 bits per heavy atom. The number of hydrogen-bond acceptors (Lipinski definition) is 4. The molecule has 0 fully saturated rings. The number of alkyl carbamates (subject to hydrolysis) is 1. The van der Waals surface area contributed by atoms with Gasteiger partial charge in [0.1, 0.15) is 19.2 Å².